The van der Waals surface area contributed by atoms with Crippen molar-refractivity contribution in [1.82, 2.24) is 4.90 Å². The second kappa shape index (κ2) is 6.75. The molecule has 6 nitrogen and oxygen atoms in total. The fourth-order valence-corrected chi connectivity index (χ4v) is 1.85. The molecule has 6 heteroatoms. The van der Waals surface area contributed by atoms with Gasteiger partial charge in [0.15, 0.2) is 6.61 Å². The highest BCUT2D eigenvalue weighted by molar-refractivity contribution is 5.87. The molecule has 1 rings (SSSR count). The molecule has 0 aliphatic heterocycles. The molecule has 1 N–H and O–H groups in total. The van der Waals surface area contributed by atoms with Crippen molar-refractivity contribution in [2.45, 2.75) is 26.3 Å². The minimum absolute atomic E-state index is 0.254. The molecule has 1 aromatic rings. The third-order valence-corrected chi connectivity index (χ3v) is 3.16. The zero-order valence-corrected chi connectivity index (χ0v) is 12.3. The number of carbonyl (C=O) groups is 2. The van der Waals surface area contributed by atoms with Gasteiger partial charge in [0.2, 0.25) is 0 Å². The van der Waals surface area contributed by atoms with Crippen molar-refractivity contribution >= 4 is 11.9 Å². The van der Waals surface area contributed by atoms with Gasteiger partial charge in [0, 0.05) is 6.54 Å². The molecule has 0 saturated carbocycles. The predicted molar refractivity (Wildman–Crippen MR) is 75.8 cm³/mol. The summed E-state index contributed by atoms with van der Waals surface area (Å²) in [4.78, 5) is 24.6. The van der Waals surface area contributed by atoms with Crippen molar-refractivity contribution in [3.8, 4) is 11.8 Å². The molecule has 0 saturated heterocycles. The lowest BCUT2D eigenvalue weighted by atomic mass is 10.0. The summed E-state index contributed by atoms with van der Waals surface area (Å²) in [6.45, 7) is 4.67. The molecule has 0 unspecified atom stereocenters. The van der Waals surface area contributed by atoms with E-state index in [2.05, 4.69) is 0 Å². The lowest BCUT2D eigenvalue weighted by Crippen LogP contribution is -2.54. The molecule has 0 spiro atoms. The van der Waals surface area contributed by atoms with Gasteiger partial charge in [0.25, 0.3) is 5.91 Å². The number of nitriles is 1. The average Bonchev–Trinajstić information content (AvgIpc) is 2.46. The van der Waals surface area contributed by atoms with Gasteiger partial charge < -0.3 is 14.7 Å². The van der Waals surface area contributed by atoms with Crippen LogP contribution in [0.15, 0.2) is 24.3 Å². The van der Waals surface area contributed by atoms with E-state index in [4.69, 9.17) is 15.1 Å². The number of carboxylic acid groups (broad SMARTS) is 1. The quantitative estimate of drug-likeness (QED) is 0.860. The molecule has 0 radical (unpaired) electrons. The van der Waals surface area contributed by atoms with Crippen molar-refractivity contribution < 1.29 is 19.4 Å². The van der Waals surface area contributed by atoms with Gasteiger partial charge in [-0.2, -0.15) is 5.26 Å². The summed E-state index contributed by atoms with van der Waals surface area (Å²) in [5, 5.41) is 17.9. The fourth-order valence-electron chi connectivity index (χ4n) is 1.85. The molecule has 0 bridgehead atoms. The lowest BCUT2D eigenvalue weighted by molar-refractivity contribution is -0.157. The zero-order chi connectivity index (χ0) is 16.0. The van der Waals surface area contributed by atoms with E-state index in [0.717, 1.165) is 0 Å². The van der Waals surface area contributed by atoms with Gasteiger partial charge in [0.1, 0.15) is 11.3 Å². The third kappa shape index (κ3) is 3.96. The summed E-state index contributed by atoms with van der Waals surface area (Å²) in [6, 6.07) is 8.32. The Morgan fingerprint density at radius 1 is 1.33 bits per heavy atom. The van der Waals surface area contributed by atoms with Crippen LogP contribution < -0.4 is 4.74 Å². The van der Waals surface area contributed by atoms with Crippen LogP contribution in [0, 0.1) is 11.3 Å². The molecule has 0 heterocycles. The fraction of sp³-hybridized carbons (Fsp3) is 0.400. The summed E-state index contributed by atoms with van der Waals surface area (Å²) >= 11 is 0. The number of hydrogen-bond donors (Lipinski definition) is 1. The lowest BCUT2D eigenvalue weighted by Gasteiger charge is -2.34. The Morgan fingerprint density at radius 2 is 1.90 bits per heavy atom. The van der Waals surface area contributed by atoms with Crippen molar-refractivity contribution in [2.75, 3.05) is 13.2 Å². The highest BCUT2D eigenvalue weighted by atomic mass is 16.5. The second-order valence-electron chi connectivity index (χ2n) is 4.93. The average molecular weight is 290 g/mol. The standard InChI is InChI=1S/C15H18N2O4/c1-4-17(15(2,3)14(19)20)13(18)10-21-12-7-5-11(9-16)6-8-12/h5-8H,4,10H2,1-3H3,(H,19,20). The first kappa shape index (κ1) is 16.5. The Balaban J connectivity index is 2.71. The summed E-state index contributed by atoms with van der Waals surface area (Å²) in [5.74, 6) is -1.03. The molecular formula is C15H18N2O4. The first-order valence-corrected chi connectivity index (χ1v) is 6.49. The molecule has 0 atom stereocenters. The number of amides is 1. The molecule has 0 aromatic heterocycles. The van der Waals surface area contributed by atoms with Gasteiger partial charge in [-0.1, -0.05) is 0 Å². The number of benzene rings is 1. The maximum Gasteiger partial charge on any atom is 0.329 e. The topological polar surface area (TPSA) is 90.6 Å². The summed E-state index contributed by atoms with van der Waals surface area (Å²) < 4.78 is 5.33. The summed E-state index contributed by atoms with van der Waals surface area (Å²) in [6.07, 6.45) is 0. The Labute approximate surface area is 123 Å². The van der Waals surface area contributed by atoms with E-state index in [-0.39, 0.29) is 13.2 Å². The molecule has 112 valence electrons. The summed E-state index contributed by atoms with van der Waals surface area (Å²) in [5.41, 5.74) is -0.796. The molecule has 1 aromatic carbocycles. The van der Waals surface area contributed by atoms with Crippen LogP contribution in [-0.4, -0.2) is 40.6 Å². The van der Waals surface area contributed by atoms with E-state index in [1.165, 1.54) is 18.7 Å². The number of ether oxygens (including phenoxy) is 1. The van der Waals surface area contributed by atoms with Crippen molar-refractivity contribution in [3.63, 3.8) is 0 Å². The number of nitrogens with zero attached hydrogens (tertiary/aromatic N) is 2. The van der Waals surface area contributed by atoms with E-state index in [1.54, 1.807) is 31.2 Å². The van der Waals surface area contributed by atoms with Crippen LogP contribution in [0.25, 0.3) is 0 Å². The normalized spacial score (nSPS) is 10.6. The van der Waals surface area contributed by atoms with Crippen LogP contribution in [0.5, 0.6) is 5.75 Å². The summed E-state index contributed by atoms with van der Waals surface area (Å²) in [7, 11) is 0. The highest BCUT2D eigenvalue weighted by Gasteiger charge is 2.36. The third-order valence-electron chi connectivity index (χ3n) is 3.16. The predicted octanol–water partition coefficient (Wildman–Crippen LogP) is 1.65. The van der Waals surface area contributed by atoms with E-state index in [1.807, 2.05) is 6.07 Å². The molecule has 0 fully saturated rings. The van der Waals surface area contributed by atoms with Crippen LogP contribution in [0.4, 0.5) is 0 Å². The molecule has 0 aliphatic carbocycles. The molecule has 21 heavy (non-hydrogen) atoms. The van der Waals surface area contributed by atoms with Gasteiger partial charge in [-0.3, -0.25) is 4.79 Å². The first-order valence-electron chi connectivity index (χ1n) is 6.49. The maximum atomic E-state index is 12.1. The smallest absolute Gasteiger partial charge is 0.329 e. The van der Waals surface area contributed by atoms with Crippen LogP contribution in [0.3, 0.4) is 0 Å². The van der Waals surface area contributed by atoms with E-state index >= 15 is 0 Å². The molecule has 0 aliphatic rings. The van der Waals surface area contributed by atoms with Gasteiger partial charge in [-0.15, -0.1) is 0 Å². The zero-order valence-electron chi connectivity index (χ0n) is 12.3. The first-order chi connectivity index (χ1) is 9.82. The Bertz CT molecular complexity index is 558. The minimum atomic E-state index is -1.29. The van der Waals surface area contributed by atoms with Gasteiger partial charge in [-0.25, -0.2) is 4.79 Å². The van der Waals surface area contributed by atoms with Crippen LogP contribution in [0.2, 0.25) is 0 Å². The highest BCUT2D eigenvalue weighted by Crippen LogP contribution is 2.16. The van der Waals surface area contributed by atoms with Gasteiger partial charge in [0.05, 0.1) is 11.6 Å². The Hall–Kier alpha value is -2.55. The van der Waals surface area contributed by atoms with Crippen molar-refractivity contribution in [1.29, 1.82) is 5.26 Å². The van der Waals surface area contributed by atoms with Gasteiger partial charge >= 0.3 is 5.97 Å². The molecular weight excluding hydrogens is 272 g/mol. The largest absolute Gasteiger partial charge is 0.484 e. The number of hydrogen-bond acceptors (Lipinski definition) is 4. The number of carboxylic acids is 1. The van der Waals surface area contributed by atoms with Crippen molar-refractivity contribution in [2.24, 2.45) is 0 Å². The van der Waals surface area contributed by atoms with E-state index in [0.29, 0.717) is 11.3 Å². The number of aliphatic carboxylic acids is 1. The minimum Gasteiger partial charge on any atom is -0.484 e. The van der Waals surface area contributed by atoms with Crippen molar-refractivity contribution in [3.05, 3.63) is 29.8 Å². The van der Waals surface area contributed by atoms with Gasteiger partial charge in [-0.05, 0) is 45.0 Å². The van der Waals surface area contributed by atoms with E-state index < -0.39 is 17.4 Å². The van der Waals surface area contributed by atoms with Crippen LogP contribution >= 0.6 is 0 Å². The Kier molecular flexibility index (Phi) is 5.30. The maximum absolute atomic E-state index is 12.1. The number of likely N-dealkylation sites (N-methyl/N-ethyl adjacent to an activating group) is 1. The SMILES string of the molecule is CCN(C(=O)COc1ccc(C#N)cc1)C(C)(C)C(=O)O. The van der Waals surface area contributed by atoms with Crippen LogP contribution in [0.1, 0.15) is 26.3 Å². The number of carbonyl (C=O) groups excluding carboxylic acids is 1. The second-order valence-corrected chi connectivity index (χ2v) is 4.93. The monoisotopic (exact) mass is 290 g/mol. The van der Waals surface area contributed by atoms with E-state index in [9.17, 15) is 9.59 Å². The number of rotatable bonds is 6. The Morgan fingerprint density at radius 3 is 2.33 bits per heavy atom. The molecule has 1 amide bonds. The van der Waals surface area contributed by atoms with Crippen LogP contribution in [-0.2, 0) is 9.59 Å².